The molecule has 146 valence electrons. The van der Waals surface area contributed by atoms with Crippen LogP contribution in [0.3, 0.4) is 0 Å². The van der Waals surface area contributed by atoms with Crippen LogP contribution in [-0.2, 0) is 0 Å². The van der Waals surface area contributed by atoms with Crippen LogP contribution in [0.2, 0.25) is 0 Å². The zero-order valence-electron chi connectivity index (χ0n) is 16.3. The second kappa shape index (κ2) is 8.54. The smallest absolute Gasteiger partial charge is 0.272 e. The van der Waals surface area contributed by atoms with Gasteiger partial charge in [0, 0.05) is 44.2 Å². The van der Waals surface area contributed by atoms with Gasteiger partial charge < -0.3 is 10.2 Å². The Morgan fingerprint density at radius 2 is 1.93 bits per heavy atom. The summed E-state index contributed by atoms with van der Waals surface area (Å²) in [6, 6.07) is 18.8. The largest absolute Gasteiger partial charge is 0.351 e. The summed E-state index contributed by atoms with van der Waals surface area (Å²) in [5.41, 5.74) is 2.72. The number of carbonyl (C=O) groups is 1. The van der Waals surface area contributed by atoms with E-state index in [1.165, 1.54) is 5.56 Å². The van der Waals surface area contributed by atoms with Gasteiger partial charge in [-0.3, -0.25) is 14.8 Å². The summed E-state index contributed by atoms with van der Waals surface area (Å²) in [6.07, 6.45) is 0.918. The lowest BCUT2D eigenvalue weighted by Gasteiger charge is -2.40. The molecule has 1 aromatic heterocycles. The van der Waals surface area contributed by atoms with Gasteiger partial charge in [-0.2, -0.15) is 5.10 Å². The van der Waals surface area contributed by atoms with E-state index < -0.39 is 0 Å². The van der Waals surface area contributed by atoms with Crippen LogP contribution in [0, 0.1) is 0 Å². The molecule has 1 aliphatic heterocycles. The van der Waals surface area contributed by atoms with Crippen molar-refractivity contribution in [1.29, 1.82) is 0 Å². The number of aromatic amines is 1. The van der Waals surface area contributed by atoms with Crippen molar-refractivity contribution in [2.24, 2.45) is 0 Å². The number of fused-ring (bicyclic) bond motifs is 1. The van der Waals surface area contributed by atoms with Gasteiger partial charge in [0.1, 0.15) is 0 Å². The van der Waals surface area contributed by atoms with Gasteiger partial charge in [-0.15, -0.1) is 0 Å². The summed E-state index contributed by atoms with van der Waals surface area (Å²) in [6.45, 7) is 4.78. The molecule has 28 heavy (non-hydrogen) atoms. The molecule has 0 spiro atoms. The van der Waals surface area contributed by atoms with Crippen molar-refractivity contribution < 1.29 is 4.79 Å². The third-order valence-electron chi connectivity index (χ3n) is 5.47. The molecular formula is C22H27N5O. The Labute approximate surface area is 165 Å². The van der Waals surface area contributed by atoms with Crippen molar-refractivity contribution in [2.75, 3.05) is 39.8 Å². The number of nitrogens with zero attached hydrogens (tertiary/aromatic N) is 3. The molecule has 2 aromatic carbocycles. The Kier molecular flexibility index (Phi) is 5.69. The number of nitrogens with one attached hydrogen (secondary N) is 2. The normalized spacial score (nSPS) is 18.4. The summed E-state index contributed by atoms with van der Waals surface area (Å²) in [5, 5.41) is 11.0. The van der Waals surface area contributed by atoms with Crippen molar-refractivity contribution in [1.82, 2.24) is 25.3 Å². The van der Waals surface area contributed by atoms with E-state index in [-0.39, 0.29) is 5.91 Å². The molecular weight excluding hydrogens is 350 g/mol. The average molecular weight is 377 g/mol. The van der Waals surface area contributed by atoms with E-state index in [1.807, 2.05) is 24.3 Å². The van der Waals surface area contributed by atoms with Gasteiger partial charge in [0.15, 0.2) is 5.69 Å². The van der Waals surface area contributed by atoms with E-state index in [2.05, 4.69) is 62.7 Å². The van der Waals surface area contributed by atoms with Gasteiger partial charge in [0.25, 0.3) is 5.91 Å². The van der Waals surface area contributed by atoms with Crippen LogP contribution in [0.5, 0.6) is 0 Å². The molecule has 0 aliphatic carbocycles. The quantitative estimate of drug-likeness (QED) is 0.649. The Bertz CT molecular complexity index is 923. The van der Waals surface area contributed by atoms with Crippen molar-refractivity contribution in [2.45, 2.75) is 12.5 Å². The first-order valence-electron chi connectivity index (χ1n) is 9.91. The summed E-state index contributed by atoms with van der Waals surface area (Å²) in [4.78, 5) is 17.4. The van der Waals surface area contributed by atoms with E-state index in [0.717, 1.165) is 43.5 Å². The number of H-pyrrole nitrogens is 1. The third-order valence-corrected chi connectivity index (χ3v) is 5.47. The van der Waals surface area contributed by atoms with Gasteiger partial charge in [0.2, 0.25) is 0 Å². The number of rotatable bonds is 6. The maximum absolute atomic E-state index is 12.5. The molecule has 2 heterocycles. The van der Waals surface area contributed by atoms with Crippen LogP contribution in [0.1, 0.15) is 28.5 Å². The molecule has 2 N–H and O–H groups in total. The fraction of sp³-hybridized carbons (Fsp3) is 0.364. The summed E-state index contributed by atoms with van der Waals surface area (Å²) in [5.74, 6) is -0.115. The SMILES string of the molecule is CN1CCN(CCCNC(=O)c2n[nH]c3ccccc23)[C@@H](c2ccccc2)C1. The third kappa shape index (κ3) is 4.08. The second-order valence-corrected chi connectivity index (χ2v) is 7.45. The van der Waals surface area contributed by atoms with Crippen LogP contribution in [-0.4, -0.2) is 65.7 Å². The van der Waals surface area contributed by atoms with Crippen LogP contribution < -0.4 is 5.32 Å². The van der Waals surface area contributed by atoms with E-state index in [4.69, 9.17) is 0 Å². The zero-order valence-corrected chi connectivity index (χ0v) is 16.3. The standard InChI is InChI=1S/C22H27N5O/c1-26-14-15-27(20(16-26)17-8-3-2-4-9-17)13-7-12-23-22(28)21-18-10-5-6-11-19(18)24-25-21/h2-6,8-11,20H,7,12-16H2,1H3,(H,23,28)(H,24,25)/t20-/m1/s1. The van der Waals surface area contributed by atoms with Crippen molar-refractivity contribution in [3.8, 4) is 0 Å². The number of likely N-dealkylation sites (N-methyl/N-ethyl adjacent to an activating group) is 1. The molecule has 6 nitrogen and oxygen atoms in total. The maximum Gasteiger partial charge on any atom is 0.272 e. The lowest BCUT2D eigenvalue weighted by atomic mass is 10.0. The highest BCUT2D eigenvalue weighted by atomic mass is 16.1. The molecule has 4 rings (SSSR count). The number of carbonyl (C=O) groups excluding carboxylic acids is 1. The van der Waals surface area contributed by atoms with Gasteiger partial charge in [0.05, 0.1) is 5.52 Å². The van der Waals surface area contributed by atoms with Gasteiger partial charge >= 0.3 is 0 Å². The molecule has 1 amide bonds. The highest BCUT2D eigenvalue weighted by molar-refractivity contribution is 6.04. The van der Waals surface area contributed by atoms with Crippen molar-refractivity contribution >= 4 is 16.8 Å². The summed E-state index contributed by atoms with van der Waals surface area (Å²) < 4.78 is 0. The predicted molar refractivity (Wildman–Crippen MR) is 111 cm³/mol. The van der Waals surface area contributed by atoms with Gasteiger partial charge in [-0.25, -0.2) is 0 Å². The predicted octanol–water partition coefficient (Wildman–Crippen LogP) is 2.67. The number of hydrogen-bond donors (Lipinski definition) is 2. The number of benzene rings is 2. The lowest BCUT2D eigenvalue weighted by Crippen LogP contribution is -2.47. The molecule has 1 fully saturated rings. The monoisotopic (exact) mass is 377 g/mol. The number of hydrogen-bond acceptors (Lipinski definition) is 4. The Morgan fingerprint density at radius 3 is 2.79 bits per heavy atom. The van der Waals surface area contributed by atoms with E-state index in [9.17, 15) is 4.79 Å². The van der Waals surface area contributed by atoms with E-state index in [1.54, 1.807) is 0 Å². The lowest BCUT2D eigenvalue weighted by molar-refractivity contribution is 0.0865. The molecule has 0 radical (unpaired) electrons. The topological polar surface area (TPSA) is 64.3 Å². The molecule has 1 saturated heterocycles. The fourth-order valence-electron chi connectivity index (χ4n) is 3.92. The molecule has 1 aliphatic rings. The van der Waals surface area contributed by atoms with Crippen LogP contribution in [0.25, 0.3) is 10.9 Å². The minimum Gasteiger partial charge on any atom is -0.351 e. The average Bonchev–Trinajstić information content (AvgIpc) is 3.17. The van der Waals surface area contributed by atoms with Crippen LogP contribution >= 0.6 is 0 Å². The number of para-hydroxylation sites is 1. The van der Waals surface area contributed by atoms with Crippen molar-refractivity contribution in [3.63, 3.8) is 0 Å². The molecule has 0 unspecified atom stereocenters. The molecule has 6 heteroatoms. The van der Waals surface area contributed by atoms with Gasteiger partial charge in [-0.1, -0.05) is 48.5 Å². The molecule has 0 saturated carbocycles. The summed E-state index contributed by atoms with van der Waals surface area (Å²) >= 11 is 0. The summed E-state index contributed by atoms with van der Waals surface area (Å²) in [7, 11) is 2.18. The minimum atomic E-state index is -0.115. The molecule has 3 aromatic rings. The second-order valence-electron chi connectivity index (χ2n) is 7.45. The number of piperazine rings is 1. The molecule has 1 atom stereocenters. The first-order chi connectivity index (χ1) is 13.7. The fourth-order valence-corrected chi connectivity index (χ4v) is 3.92. The van der Waals surface area contributed by atoms with Crippen LogP contribution in [0.4, 0.5) is 0 Å². The Hall–Kier alpha value is -2.70. The first-order valence-corrected chi connectivity index (χ1v) is 9.91. The minimum absolute atomic E-state index is 0.115. The first kappa shape index (κ1) is 18.7. The maximum atomic E-state index is 12.5. The van der Waals surface area contributed by atoms with Gasteiger partial charge in [-0.05, 0) is 25.1 Å². The van der Waals surface area contributed by atoms with E-state index in [0.29, 0.717) is 18.3 Å². The Morgan fingerprint density at radius 1 is 1.14 bits per heavy atom. The number of aromatic nitrogens is 2. The molecule has 0 bridgehead atoms. The number of amides is 1. The highest BCUT2D eigenvalue weighted by Gasteiger charge is 2.26. The van der Waals surface area contributed by atoms with Crippen molar-refractivity contribution in [3.05, 3.63) is 65.9 Å². The van der Waals surface area contributed by atoms with E-state index >= 15 is 0 Å². The van der Waals surface area contributed by atoms with Crippen LogP contribution in [0.15, 0.2) is 54.6 Å². The zero-order chi connectivity index (χ0) is 19.3. The highest BCUT2D eigenvalue weighted by Crippen LogP contribution is 2.24. The Balaban J connectivity index is 1.32.